The maximum Gasteiger partial charge on any atom is 0.310 e. The Morgan fingerprint density at radius 3 is 2.72 bits per heavy atom. The van der Waals surface area contributed by atoms with Crippen molar-refractivity contribution in [2.45, 2.75) is 44.8 Å². The van der Waals surface area contributed by atoms with Gasteiger partial charge in [0.1, 0.15) is 18.0 Å². The molecule has 0 aromatic carbocycles. The minimum Gasteiger partial charge on any atom is -0.472 e. The van der Waals surface area contributed by atoms with E-state index in [1.165, 1.54) is 0 Å². The molecule has 0 amide bonds. The van der Waals surface area contributed by atoms with Crippen molar-refractivity contribution >= 4 is 17.7 Å². The third-order valence-electron chi connectivity index (χ3n) is 6.99. The molecule has 3 unspecified atom stereocenters. The van der Waals surface area contributed by atoms with Crippen molar-refractivity contribution < 1.29 is 28.3 Å². The highest BCUT2D eigenvalue weighted by Gasteiger charge is 2.64. The summed E-state index contributed by atoms with van der Waals surface area (Å²) >= 11 is 0. The van der Waals surface area contributed by atoms with Crippen LogP contribution in [-0.4, -0.2) is 23.8 Å². The van der Waals surface area contributed by atoms with Crippen LogP contribution in [0.15, 0.2) is 23.0 Å². The first-order valence-corrected chi connectivity index (χ1v) is 8.93. The van der Waals surface area contributed by atoms with E-state index in [1.807, 2.05) is 6.07 Å². The van der Waals surface area contributed by atoms with Crippen LogP contribution in [0.1, 0.15) is 44.3 Å². The van der Waals surface area contributed by atoms with Crippen LogP contribution in [0.4, 0.5) is 0 Å². The van der Waals surface area contributed by atoms with Gasteiger partial charge in [0, 0.05) is 17.9 Å². The number of carbonyl (C=O) groups is 3. The number of hydrogen-bond donors (Lipinski definition) is 0. The van der Waals surface area contributed by atoms with Crippen molar-refractivity contribution in [3.8, 4) is 0 Å². The molecule has 2 aliphatic heterocycles. The molecule has 0 radical (unpaired) electrons. The number of Topliss-reactive ketones (excluding diaryl/α,β-unsaturated/α-hetero) is 1. The number of cyclic esters (lactones) is 1. The van der Waals surface area contributed by atoms with Gasteiger partial charge in [-0.2, -0.15) is 0 Å². The maximum absolute atomic E-state index is 12.8. The van der Waals surface area contributed by atoms with Crippen LogP contribution in [0.3, 0.4) is 0 Å². The number of ketones is 1. The van der Waals surface area contributed by atoms with Gasteiger partial charge >= 0.3 is 11.9 Å². The van der Waals surface area contributed by atoms with Crippen molar-refractivity contribution in [2.24, 2.45) is 29.1 Å². The zero-order valence-corrected chi connectivity index (χ0v) is 14.0. The Labute approximate surface area is 144 Å². The largest absolute Gasteiger partial charge is 0.472 e. The summed E-state index contributed by atoms with van der Waals surface area (Å²) in [7, 11) is 0. The summed E-state index contributed by atoms with van der Waals surface area (Å²) in [6, 6.07) is 1.81. The number of carbonyl (C=O) groups excluding carboxylic acids is 3. The van der Waals surface area contributed by atoms with E-state index in [0.717, 1.165) is 5.56 Å². The molecule has 1 aromatic rings. The summed E-state index contributed by atoms with van der Waals surface area (Å²) in [6.45, 7) is 2.09. The van der Waals surface area contributed by atoms with E-state index in [-0.39, 0.29) is 59.5 Å². The summed E-state index contributed by atoms with van der Waals surface area (Å²) < 4.78 is 16.2. The van der Waals surface area contributed by atoms with Crippen LogP contribution in [0.5, 0.6) is 0 Å². The number of hydrogen-bond acceptors (Lipinski definition) is 6. The normalized spacial score (nSPS) is 45.4. The van der Waals surface area contributed by atoms with Gasteiger partial charge in [-0.15, -0.1) is 0 Å². The molecule has 2 aliphatic carbocycles. The van der Waals surface area contributed by atoms with Crippen LogP contribution >= 0.6 is 0 Å². The predicted octanol–water partition coefficient (Wildman–Crippen LogP) is 2.43. The predicted molar refractivity (Wildman–Crippen MR) is 83.0 cm³/mol. The molecule has 1 aromatic heterocycles. The van der Waals surface area contributed by atoms with E-state index in [4.69, 9.17) is 13.9 Å². The van der Waals surface area contributed by atoms with Gasteiger partial charge in [0.15, 0.2) is 0 Å². The van der Waals surface area contributed by atoms with Crippen LogP contribution in [0, 0.1) is 29.1 Å². The molecule has 3 heterocycles. The molecular formula is C19H20O6. The van der Waals surface area contributed by atoms with E-state index in [1.54, 1.807) is 12.5 Å². The molecule has 0 spiro atoms. The van der Waals surface area contributed by atoms with E-state index >= 15 is 0 Å². The monoisotopic (exact) mass is 344 g/mol. The zero-order chi connectivity index (χ0) is 17.3. The Balaban J connectivity index is 1.55. The summed E-state index contributed by atoms with van der Waals surface area (Å²) in [5, 5.41) is 0. The first kappa shape index (κ1) is 15.2. The number of furan rings is 1. The Hall–Kier alpha value is -2.11. The average molecular weight is 344 g/mol. The lowest BCUT2D eigenvalue weighted by Crippen LogP contribution is -2.57. The smallest absolute Gasteiger partial charge is 0.310 e. The van der Waals surface area contributed by atoms with E-state index in [2.05, 4.69) is 6.92 Å². The van der Waals surface area contributed by atoms with Crippen molar-refractivity contribution in [1.82, 2.24) is 0 Å². The lowest BCUT2D eigenvalue weighted by atomic mass is 9.49. The fourth-order valence-electron chi connectivity index (χ4n) is 5.74. The van der Waals surface area contributed by atoms with Gasteiger partial charge in [-0.25, -0.2) is 0 Å². The summed E-state index contributed by atoms with van der Waals surface area (Å²) in [5.74, 6) is -1.63. The topological polar surface area (TPSA) is 82.8 Å². The van der Waals surface area contributed by atoms with Crippen LogP contribution in [0.25, 0.3) is 0 Å². The SMILES string of the molecule is C[C@@]12CC(c3ccoc3)OC(=O)[C@H]1CC(=O)[C@@H]1C3CC(C[C@H]12)OC3=O. The molecule has 2 bridgehead atoms. The Bertz CT molecular complexity index is 752. The zero-order valence-electron chi connectivity index (χ0n) is 14.0. The molecule has 6 nitrogen and oxygen atoms in total. The highest BCUT2D eigenvalue weighted by molar-refractivity contribution is 5.93. The van der Waals surface area contributed by atoms with Crippen molar-refractivity contribution in [3.05, 3.63) is 24.2 Å². The van der Waals surface area contributed by atoms with Crippen molar-refractivity contribution in [3.63, 3.8) is 0 Å². The van der Waals surface area contributed by atoms with Gasteiger partial charge < -0.3 is 13.9 Å². The Morgan fingerprint density at radius 1 is 1.12 bits per heavy atom. The van der Waals surface area contributed by atoms with Gasteiger partial charge in [0.25, 0.3) is 0 Å². The number of esters is 2. The Kier molecular flexibility index (Phi) is 3.01. The molecule has 4 fully saturated rings. The summed E-state index contributed by atoms with van der Waals surface area (Å²) in [5.41, 5.74) is 0.466. The average Bonchev–Trinajstić information content (AvgIpc) is 3.19. The first-order chi connectivity index (χ1) is 12.0. The minimum atomic E-state index is -0.433. The van der Waals surface area contributed by atoms with E-state index in [0.29, 0.717) is 19.3 Å². The molecule has 0 N–H and O–H groups in total. The summed E-state index contributed by atoms with van der Waals surface area (Å²) in [4.78, 5) is 37.6. The standard InChI is InChI=1S/C19H20O6/c1-19-7-15(9-2-3-23-8-9)25-18(22)13(19)6-14(20)16-11-4-10(5-12(16)19)24-17(11)21/h2-3,8,10-13,15-16H,4-7H2,1H3/t10?,11?,12-,13-,15?,16-,19+/m1/s1. The van der Waals surface area contributed by atoms with Crippen LogP contribution in [-0.2, 0) is 23.9 Å². The molecule has 2 saturated heterocycles. The molecule has 132 valence electrons. The second-order valence-corrected chi connectivity index (χ2v) is 8.18. The number of fused-ring (bicyclic) bond motifs is 6. The fraction of sp³-hybridized carbons (Fsp3) is 0.632. The second-order valence-electron chi connectivity index (χ2n) is 8.18. The van der Waals surface area contributed by atoms with Gasteiger partial charge in [-0.1, -0.05) is 6.92 Å². The fourth-order valence-corrected chi connectivity index (χ4v) is 5.74. The molecule has 2 saturated carbocycles. The molecule has 7 atom stereocenters. The molecule has 25 heavy (non-hydrogen) atoms. The lowest BCUT2D eigenvalue weighted by Gasteiger charge is -2.54. The van der Waals surface area contributed by atoms with Crippen molar-refractivity contribution in [2.75, 3.05) is 0 Å². The molecule has 5 rings (SSSR count). The van der Waals surface area contributed by atoms with E-state index in [9.17, 15) is 14.4 Å². The van der Waals surface area contributed by atoms with E-state index < -0.39 is 5.92 Å². The van der Waals surface area contributed by atoms with Gasteiger partial charge in [0.05, 0.1) is 24.4 Å². The van der Waals surface area contributed by atoms with Gasteiger partial charge in [-0.3, -0.25) is 14.4 Å². The third kappa shape index (κ3) is 1.99. The number of rotatable bonds is 1. The van der Waals surface area contributed by atoms with Gasteiger partial charge in [0.2, 0.25) is 0 Å². The second kappa shape index (κ2) is 4.96. The third-order valence-corrected chi connectivity index (χ3v) is 6.99. The highest BCUT2D eigenvalue weighted by Crippen LogP contribution is 2.61. The molecule has 6 heteroatoms. The maximum atomic E-state index is 12.8. The quantitative estimate of drug-likeness (QED) is 0.728. The molecule has 4 aliphatic rings. The highest BCUT2D eigenvalue weighted by atomic mass is 16.6. The molecular weight excluding hydrogens is 324 g/mol. The lowest BCUT2D eigenvalue weighted by molar-refractivity contribution is -0.191. The van der Waals surface area contributed by atoms with Crippen molar-refractivity contribution in [1.29, 1.82) is 0 Å². The van der Waals surface area contributed by atoms with Crippen LogP contribution < -0.4 is 0 Å². The summed E-state index contributed by atoms with van der Waals surface area (Å²) in [6.07, 6.45) is 4.81. The minimum absolute atomic E-state index is 0.0174. The van der Waals surface area contributed by atoms with Gasteiger partial charge in [-0.05, 0) is 36.7 Å². The Morgan fingerprint density at radius 2 is 1.96 bits per heavy atom. The first-order valence-electron chi connectivity index (χ1n) is 8.93. The number of ether oxygens (including phenoxy) is 2. The van der Waals surface area contributed by atoms with Crippen LogP contribution in [0.2, 0.25) is 0 Å².